The lowest BCUT2D eigenvalue weighted by atomic mass is 9.97. The van der Waals surface area contributed by atoms with Gasteiger partial charge in [-0.25, -0.2) is 4.98 Å². The molecule has 0 bridgehead atoms. The van der Waals surface area contributed by atoms with E-state index in [2.05, 4.69) is 17.4 Å². The third kappa shape index (κ3) is 3.86. The highest BCUT2D eigenvalue weighted by Gasteiger charge is 2.22. The Morgan fingerprint density at radius 3 is 2.82 bits per heavy atom. The number of aryl methyl sites for hydroxylation is 3. The van der Waals surface area contributed by atoms with E-state index in [1.54, 1.807) is 23.0 Å². The van der Waals surface area contributed by atoms with Crippen LogP contribution in [0.4, 0.5) is 0 Å². The van der Waals surface area contributed by atoms with Gasteiger partial charge in [-0.1, -0.05) is 42.1 Å². The molecule has 0 atom stereocenters. The molecule has 146 valence electrons. The van der Waals surface area contributed by atoms with E-state index in [4.69, 9.17) is 4.98 Å². The molecule has 2 aromatic heterocycles. The van der Waals surface area contributed by atoms with Gasteiger partial charge in [-0.05, 0) is 43.2 Å². The van der Waals surface area contributed by atoms with Gasteiger partial charge in [0.25, 0.3) is 5.56 Å². The van der Waals surface area contributed by atoms with Gasteiger partial charge >= 0.3 is 0 Å². The van der Waals surface area contributed by atoms with Crippen LogP contribution in [0.15, 0.2) is 40.3 Å². The van der Waals surface area contributed by atoms with Crippen LogP contribution in [-0.4, -0.2) is 28.3 Å². The molecule has 1 amide bonds. The zero-order chi connectivity index (χ0) is 19.5. The SMILES string of the molecule is CNC(=O)CSc1nc2sc3c(c2c(=O)n1CCc1ccccc1)CCCC3. The first-order chi connectivity index (χ1) is 13.7. The standard InChI is InChI=1S/C21H23N3O2S2/c1-22-17(25)13-27-21-23-19-18(15-9-5-6-10-16(15)28-19)20(26)24(21)12-11-14-7-3-2-4-8-14/h2-4,7-8H,5-6,9-13H2,1H3,(H,22,25). The van der Waals surface area contributed by atoms with Crippen molar-refractivity contribution in [2.75, 3.05) is 12.8 Å². The number of benzene rings is 1. The fraction of sp³-hybridized carbons (Fsp3) is 0.381. The van der Waals surface area contributed by atoms with Gasteiger partial charge in [0.15, 0.2) is 5.16 Å². The number of thioether (sulfide) groups is 1. The molecule has 0 fully saturated rings. The van der Waals surface area contributed by atoms with Crippen LogP contribution >= 0.6 is 23.1 Å². The average molecular weight is 414 g/mol. The number of rotatable bonds is 6. The molecule has 1 aliphatic rings. The molecule has 4 rings (SSSR count). The number of amides is 1. The van der Waals surface area contributed by atoms with Crippen molar-refractivity contribution in [1.29, 1.82) is 0 Å². The van der Waals surface area contributed by atoms with Crippen LogP contribution in [0.25, 0.3) is 10.2 Å². The van der Waals surface area contributed by atoms with E-state index in [-0.39, 0.29) is 17.2 Å². The van der Waals surface area contributed by atoms with Crippen LogP contribution in [-0.2, 0) is 30.6 Å². The van der Waals surface area contributed by atoms with Crippen molar-refractivity contribution in [2.24, 2.45) is 0 Å². The fourth-order valence-electron chi connectivity index (χ4n) is 3.62. The minimum absolute atomic E-state index is 0.0414. The maximum absolute atomic E-state index is 13.4. The lowest BCUT2D eigenvalue weighted by Crippen LogP contribution is -2.26. The van der Waals surface area contributed by atoms with Crippen LogP contribution in [0.1, 0.15) is 28.8 Å². The zero-order valence-electron chi connectivity index (χ0n) is 15.9. The second-order valence-electron chi connectivity index (χ2n) is 6.94. The van der Waals surface area contributed by atoms with Gasteiger partial charge in [0.05, 0.1) is 11.1 Å². The van der Waals surface area contributed by atoms with Gasteiger partial charge in [-0.3, -0.25) is 14.2 Å². The summed E-state index contributed by atoms with van der Waals surface area (Å²) in [5.41, 5.74) is 2.43. The molecule has 7 heteroatoms. The van der Waals surface area contributed by atoms with Crippen molar-refractivity contribution < 1.29 is 4.79 Å². The molecule has 0 radical (unpaired) electrons. The molecule has 0 spiro atoms. The highest BCUT2D eigenvalue weighted by Crippen LogP contribution is 2.34. The average Bonchev–Trinajstić information content (AvgIpc) is 3.10. The number of hydrogen-bond acceptors (Lipinski definition) is 5. The van der Waals surface area contributed by atoms with Crippen molar-refractivity contribution >= 4 is 39.2 Å². The van der Waals surface area contributed by atoms with E-state index in [0.29, 0.717) is 11.7 Å². The second-order valence-corrected chi connectivity index (χ2v) is 8.97. The Labute approximate surface area is 172 Å². The molecule has 3 aromatic rings. The van der Waals surface area contributed by atoms with Crippen LogP contribution in [0.2, 0.25) is 0 Å². The molecule has 0 unspecified atom stereocenters. The minimum atomic E-state index is -0.0700. The van der Waals surface area contributed by atoms with E-state index >= 15 is 0 Å². The van der Waals surface area contributed by atoms with E-state index < -0.39 is 0 Å². The van der Waals surface area contributed by atoms with Crippen molar-refractivity contribution in [3.63, 3.8) is 0 Å². The number of carbonyl (C=O) groups excluding carboxylic acids is 1. The highest BCUT2D eigenvalue weighted by atomic mass is 32.2. The Bertz CT molecular complexity index is 1060. The van der Waals surface area contributed by atoms with Gasteiger partial charge in [0.1, 0.15) is 4.83 Å². The molecule has 0 saturated heterocycles. The van der Waals surface area contributed by atoms with Gasteiger partial charge in [0, 0.05) is 18.5 Å². The number of nitrogens with zero attached hydrogens (tertiary/aromatic N) is 2. The summed E-state index contributed by atoms with van der Waals surface area (Å²) >= 11 is 2.99. The third-order valence-corrected chi connectivity index (χ3v) is 7.28. The summed E-state index contributed by atoms with van der Waals surface area (Å²) in [5.74, 6) is 0.185. The maximum Gasteiger partial charge on any atom is 0.263 e. The monoisotopic (exact) mass is 413 g/mol. The first kappa shape index (κ1) is 19.2. The predicted octanol–water partition coefficient (Wildman–Crippen LogP) is 3.42. The summed E-state index contributed by atoms with van der Waals surface area (Å²) in [5, 5.41) is 4.07. The molecule has 2 heterocycles. The molecule has 1 aliphatic carbocycles. The Balaban J connectivity index is 1.75. The van der Waals surface area contributed by atoms with Crippen molar-refractivity contribution in [1.82, 2.24) is 14.9 Å². The third-order valence-electron chi connectivity index (χ3n) is 5.12. The topological polar surface area (TPSA) is 64.0 Å². The summed E-state index contributed by atoms with van der Waals surface area (Å²) in [6, 6.07) is 10.2. The molecule has 1 aromatic carbocycles. The fourth-order valence-corrected chi connectivity index (χ4v) is 5.82. The minimum Gasteiger partial charge on any atom is -0.358 e. The highest BCUT2D eigenvalue weighted by molar-refractivity contribution is 7.99. The first-order valence-electron chi connectivity index (χ1n) is 9.59. The Hall–Kier alpha value is -2.12. The van der Waals surface area contributed by atoms with Crippen molar-refractivity contribution in [3.05, 3.63) is 56.7 Å². The van der Waals surface area contributed by atoms with E-state index in [9.17, 15) is 9.59 Å². The Morgan fingerprint density at radius 2 is 2.04 bits per heavy atom. The summed E-state index contributed by atoms with van der Waals surface area (Å²) in [6.07, 6.45) is 5.08. The van der Waals surface area contributed by atoms with E-state index in [0.717, 1.165) is 35.9 Å². The van der Waals surface area contributed by atoms with Crippen molar-refractivity contribution in [2.45, 2.75) is 43.8 Å². The van der Waals surface area contributed by atoms with Crippen LogP contribution in [0.5, 0.6) is 0 Å². The lowest BCUT2D eigenvalue weighted by molar-refractivity contribution is -0.118. The van der Waals surface area contributed by atoms with Gasteiger partial charge < -0.3 is 5.32 Å². The Kier molecular flexibility index (Phi) is 5.82. The quantitative estimate of drug-likeness (QED) is 0.497. The molecule has 28 heavy (non-hydrogen) atoms. The summed E-state index contributed by atoms with van der Waals surface area (Å²) in [7, 11) is 1.62. The van der Waals surface area contributed by atoms with E-state index in [1.807, 2.05) is 18.2 Å². The van der Waals surface area contributed by atoms with Gasteiger partial charge in [-0.2, -0.15) is 0 Å². The lowest BCUT2D eigenvalue weighted by Gasteiger charge is -2.13. The van der Waals surface area contributed by atoms with Crippen LogP contribution in [0.3, 0.4) is 0 Å². The summed E-state index contributed by atoms with van der Waals surface area (Å²) in [4.78, 5) is 32.1. The van der Waals surface area contributed by atoms with E-state index in [1.165, 1.54) is 34.2 Å². The largest absolute Gasteiger partial charge is 0.358 e. The normalized spacial score (nSPS) is 13.5. The number of hydrogen-bond donors (Lipinski definition) is 1. The first-order valence-corrected chi connectivity index (χ1v) is 11.4. The number of fused-ring (bicyclic) bond motifs is 3. The smallest absolute Gasteiger partial charge is 0.263 e. The number of aromatic nitrogens is 2. The molecule has 5 nitrogen and oxygen atoms in total. The Morgan fingerprint density at radius 1 is 1.25 bits per heavy atom. The maximum atomic E-state index is 13.4. The zero-order valence-corrected chi connectivity index (χ0v) is 17.5. The summed E-state index contributed by atoms with van der Waals surface area (Å²) < 4.78 is 1.77. The van der Waals surface area contributed by atoms with Crippen LogP contribution in [0, 0.1) is 0 Å². The molecular weight excluding hydrogens is 390 g/mol. The molecular formula is C21H23N3O2S2. The summed E-state index contributed by atoms with van der Waals surface area (Å²) in [6.45, 7) is 0.562. The molecule has 0 aliphatic heterocycles. The van der Waals surface area contributed by atoms with Crippen LogP contribution < -0.4 is 10.9 Å². The number of thiophene rings is 1. The second kappa shape index (κ2) is 8.49. The molecule has 0 saturated carbocycles. The number of carbonyl (C=O) groups is 1. The van der Waals surface area contributed by atoms with Gasteiger partial charge in [-0.15, -0.1) is 11.3 Å². The molecule has 1 N–H and O–H groups in total. The van der Waals surface area contributed by atoms with Crippen molar-refractivity contribution in [3.8, 4) is 0 Å². The predicted molar refractivity (Wildman–Crippen MR) is 115 cm³/mol. The number of nitrogens with one attached hydrogen (secondary N) is 1. The van der Waals surface area contributed by atoms with Gasteiger partial charge in [0.2, 0.25) is 5.91 Å².